The molecule has 0 radical (unpaired) electrons. The zero-order valence-corrected chi connectivity index (χ0v) is 19.7. The second kappa shape index (κ2) is 10.2. The van der Waals surface area contributed by atoms with E-state index in [-0.39, 0.29) is 17.4 Å². The largest absolute Gasteiger partial charge is 0.325 e. The van der Waals surface area contributed by atoms with Crippen LogP contribution in [0.4, 0.5) is 5.69 Å². The number of nitrogens with one attached hydrogen (secondary N) is 1. The smallest absolute Gasteiger partial charge is 0.234 e. The molecule has 33 heavy (non-hydrogen) atoms. The number of amides is 1. The fraction of sp³-hybridized carbons (Fsp3) is 0.0870. The summed E-state index contributed by atoms with van der Waals surface area (Å²) in [6.07, 6.45) is 3.35. The second-order valence-corrected chi connectivity index (χ2v) is 8.68. The van der Waals surface area contributed by atoms with Gasteiger partial charge < -0.3 is 5.32 Å². The van der Waals surface area contributed by atoms with Crippen LogP contribution in [0.5, 0.6) is 0 Å². The van der Waals surface area contributed by atoms with Crippen molar-refractivity contribution in [2.45, 2.75) is 12.1 Å². The van der Waals surface area contributed by atoms with Crippen LogP contribution < -0.4 is 5.32 Å². The zero-order chi connectivity index (χ0) is 23.4. The quantitative estimate of drug-likeness (QED) is 0.265. The van der Waals surface area contributed by atoms with Crippen molar-refractivity contribution in [3.05, 3.63) is 82.6 Å². The third kappa shape index (κ3) is 5.24. The first kappa shape index (κ1) is 23.0. The first-order valence-corrected chi connectivity index (χ1v) is 11.5. The van der Waals surface area contributed by atoms with Crippen LogP contribution in [0.2, 0.25) is 10.0 Å². The molecule has 0 saturated carbocycles. The first-order valence-electron chi connectivity index (χ1n) is 9.78. The lowest BCUT2D eigenvalue weighted by molar-refractivity contribution is -0.113. The van der Waals surface area contributed by atoms with Crippen LogP contribution in [0, 0.1) is 0 Å². The van der Waals surface area contributed by atoms with E-state index in [1.807, 2.05) is 6.07 Å². The number of rotatable bonds is 7. The van der Waals surface area contributed by atoms with Crippen LogP contribution in [-0.2, 0) is 4.79 Å². The Labute approximate surface area is 204 Å². The summed E-state index contributed by atoms with van der Waals surface area (Å²) in [5, 5.41) is 12.7. The molecular weight excluding hydrogens is 481 g/mol. The van der Waals surface area contributed by atoms with Gasteiger partial charge in [0.15, 0.2) is 16.8 Å². The van der Waals surface area contributed by atoms with Gasteiger partial charge in [-0.15, -0.1) is 10.2 Å². The lowest BCUT2D eigenvalue weighted by Crippen LogP contribution is -2.16. The number of benzene rings is 2. The molecule has 0 spiro atoms. The third-order valence-corrected chi connectivity index (χ3v) is 6.30. The summed E-state index contributed by atoms with van der Waals surface area (Å²) < 4.78 is 1.79. The molecule has 0 fully saturated rings. The lowest BCUT2D eigenvalue weighted by Gasteiger charge is -2.12. The van der Waals surface area contributed by atoms with Gasteiger partial charge in [0.25, 0.3) is 0 Å². The molecule has 1 N–H and O–H groups in total. The molecule has 0 aliphatic rings. The van der Waals surface area contributed by atoms with Crippen molar-refractivity contribution in [3.63, 3.8) is 0 Å². The van der Waals surface area contributed by atoms with E-state index in [1.54, 1.807) is 65.5 Å². The highest BCUT2D eigenvalue weighted by Crippen LogP contribution is 2.31. The van der Waals surface area contributed by atoms with E-state index in [2.05, 4.69) is 20.5 Å². The van der Waals surface area contributed by atoms with Crippen molar-refractivity contribution in [1.29, 1.82) is 0 Å². The number of ketones is 1. The van der Waals surface area contributed by atoms with Crippen molar-refractivity contribution in [1.82, 2.24) is 19.7 Å². The summed E-state index contributed by atoms with van der Waals surface area (Å²) in [6, 6.07) is 15.7. The number of carbonyl (C=O) groups is 2. The maximum Gasteiger partial charge on any atom is 0.234 e. The molecule has 0 atom stereocenters. The molecule has 0 aliphatic heterocycles. The molecule has 0 aliphatic carbocycles. The Balaban J connectivity index is 1.62. The SMILES string of the molecule is CC(=O)c1ccccc1NC(=O)CSc1nnc(-c2cccnc2)n1-c1ccc(Cl)c(Cl)c1. The Kier molecular flexibility index (Phi) is 7.08. The van der Waals surface area contributed by atoms with Gasteiger partial charge in [0.2, 0.25) is 5.91 Å². The highest BCUT2D eigenvalue weighted by molar-refractivity contribution is 7.99. The molecule has 4 rings (SSSR count). The van der Waals surface area contributed by atoms with Crippen LogP contribution in [0.25, 0.3) is 17.1 Å². The Morgan fingerprint density at radius 3 is 2.58 bits per heavy atom. The maximum atomic E-state index is 12.6. The van der Waals surface area contributed by atoms with Gasteiger partial charge in [-0.05, 0) is 49.4 Å². The molecule has 2 heterocycles. The van der Waals surface area contributed by atoms with Crippen molar-refractivity contribution >= 4 is 52.3 Å². The Morgan fingerprint density at radius 1 is 1.03 bits per heavy atom. The summed E-state index contributed by atoms with van der Waals surface area (Å²) in [5.41, 5.74) is 2.37. The van der Waals surface area contributed by atoms with E-state index in [1.165, 1.54) is 18.7 Å². The lowest BCUT2D eigenvalue weighted by atomic mass is 10.1. The number of anilines is 1. The highest BCUT2D eigenvalue weighted by Gasteiger charge is 2.19. The van der Waals surface area contributed by atoms with E-state index >= 15 is 0 Å². The van der Waals surface area contributed by atoms with E-state index in [0.29, 0.717) is 38.0 Å². The standard InChI is InChI=1S/C23H17Cl2N5O2S/c1-14(31)17-6-2-3-7-20(17)27-21(32)13-33-23-29-28-22(15-5-4-10-26-12-15)30(23)16-8-9-18(24)19(25)11-16/h2-12H,13H2,1H3,(H,27,32). The van der Waals surface area contributed by atoms with Gasteiger partial charge in [-0.1, -0.05) is 47.1 Å². The molecule has 1 amide bonds. The molecule has 0 bridgehead atoms. The van der Waals surface area contributed by atoms with Gasteiger partial charge in [-0.2, -0.15) is 0 Å². The van der Waals surface area contributed by atoms with Crippen LogP contribution in [0.15, 0.2) is 72.1 Å². The Morgan fingerprint density at radius 2 is 1.85 bits per heavy atom. The summed E-state index contributed by atoms with van der Waals surface area (Å²) in [4.78, 5) is 28.6. The van der Waals surface area contributed by atoms with E-state index in [9.17, 15) is 9.59 Å². The number of pyridine rings is 1. The molecule has 2 aromatic carbocycles. The topological polar surface area (TPSA) is 89.8 Å². The average molecular weight is 498 g/mol. The number of aromatic nitrogens is 4. The normalized spacial score (nSPS) is 10.8. The molecule has 0 saturated heterocycles. The molecule has 166 valence electrons. The predicted molar refractivity (Wildman–Crippen MR) is 130 cm³/mol. The van der Waals surface area contributed by atoms with E-state index < -0.39 is 0 Å². The van der Waals surface area contributed by atoms with Crippen molar-refractivity contribution in [3.8, 4) is 17.1 Å². The highest BCUT2D eigenvalue weighted by atomic mass is 35.5. The van der Waals surface area contributed by atoms with Crippen LogP contribution in [0.3, 0.4) is 0 Å². The number of carbonyl (C=O) groups excluding carboxylic acids is 2. The number of halogens is 2. The van der Waals surface area contributed by atoms with Gasteiger partial charge in [-0.3, -0.25) is 19.1 Å². The molecule has 7 nitrogen and oxygen atoms in total. The second-order valence-electron chi connectivity index (χ2n) is 6.92. The van der Waals surface area contributed by atoms with E-state index in [4.69, 9.17) is 23.2 Å². The summed E-state index contributed by atoms with van der Waals surface area (Å²) in [6.45, 7) is 1.46. The van der Waals surface area contributed by atoms with Crippen molar-refractivity contribution in [2.24, 2.45) is 0 Å². The fourth-order valence-corrected chi connectivity index (χ4v) is 4.16. The molecule has 0 unspecified atom stereocenters. The minimum absolute atomic E-state index is 0.0543. The minimum atomic E-state index is -0.277. The van der Waals surface area contributed by atoms with Crippen LogP contribution >= 0.6 is 35.0 Å². The van der Waals surface area contributed by atoms with Crippen LogP contribution in [-0.4, -0.2) is 37.2 Å². The van der Waals surface area contributed by atoms with Crippen LogP contribution in [0.1, 0.15) is 17.3 Å². The summed E-state index contributed by atoms with van der Waals surface area (Å²) >= 11 is 13.5. The number of Topliss-reactive ketones (excluding diaryl/α,β-unsaturated/α-hetero) is 1. The Bertz CT molecular complexity index is 1330. The molecule has 2 aromatic heterocycles. The van der Waals surface area contributed by atoms with Gasteiger partial charge in [-0.25, -0.2) is 0 Å². The molecule has 4 aromatic rings. The fourth-order valence-electron chi connectivity index (χ4n) is 3.12. The summed E-state index contributed by atoms with van der Waals surface area (Å²) in [5.74, 6) is 0.198. The molecular formula is C23H17Cl2N5O2S. The van der Waals surface area contributed by atoms with Crippen molar-refractivity contribution in [2.75, 3.05) is 11.1 Å². The predicted octanol–water partition coefficient (Wildman–Crippen LogP) is 5.57. The maximum absolute atomic E-state index is 12.6. The van der Waals surface area contributed by atoms with E-state index in [0.717, 1.165) is 5.56 Å². The van der Waals surface area contributed by atoms with Gasteiger partial charge in [0.05, 0.1) is 27.2 Å². The van der Waals surface area contributed by atoms with Gasteiger partial charge >= 0.3 is 0 Å². The number of thioether (sulfide) groups is 1. The summed E-state index contributed by atoms with van der Waals surface area (Å²) in [7, 11) is 0. The average Bonchev–Trinajstić information content (AvgIpc) is 3.24. The van der Waals surface area contributed by atoms with Gasteiger partial charge in [0.1, 0.15) is 0 Å². The monoisotopic (exact) mass is 497 g/mol. The minimum Gasteiger partial charge on any atom is -0.325 e. The Hall–Kier alpha value is -3.20. The zero-order valence-electron chi connectivity index (χ0n) is 17.3. The van der Waals surface area contributed by atoms with Crippen molar-refractivity contribution < 1.29 is 9.59 Å². The third-order valence-electron chi connectivity index (χ3n) is 4.63. The number of para-hydroxylation sites is 1. The number of hydrogen-bond donors (Lipinski definition) is 1. The molecule has 10 heteroatoms. The first-order chi connectivity index (χ1) is 15.9. The number of hydrogen-bond acceptors (Lipinski definition) is 6. The van der Waals surface area contributed by atoms with Gasteiger partial charge in [0, 0.05) is 23.5 Å². The number of nitrogens with zero attached hydrogens (tertiary/aromatic N) is 4.